The Balaban J connectivity index is 2.13. The quantitative estimate of drug-likeness (QED) is 0.510. The summed E-state index contributed by atoms with van der Waals surface area (Å²) in [6.07, 6.45) is -2.17. The Morgan fingerprint density at radius 2 is 1.71 bits per heavy atom. The van der Waals surface area contributed by atoms with Gasteiger partial charge >= 0.3 is 6.18 Å². The van der Waals surface area contributed by atoms with E-state index < -0.39 is 49.8 Å². The first-order chi connectivity index (χ1) is 13.0. The molecule has 28 heavy (non-hydrogen) atoms. The van der Waals surface area contributed by atoms with Gasteiger partial charge in [0.2, 0.25) is 0 Å². The molecule has 1 aromatic heterocycles. The lowest BCUT2D eigenvalue weighted by atomic mass is 10.1. The highest BCUT2D eigenvalue weighted by Crippen LogP contribution is 2.34. The van der Waals surface area contributed by atoms with Crippen molar-refractivity contribution in [3.05, 3.63) is 71.8 Å². The zero-order chi connectivity index (χ0) is 20.7. The third-order valence-corrected chi connectivity index (χ3v) is 4.99. The summed E-state index contributed by atoms with van der Waals surface area (Å²) >= 11 is 0. The molecule has 0 saturated carbocycles. The van der Waals surface area contributed by atoms with Crippen molar-refractivity contribution in [1.82, 2.24) is 9.78 Å². The maximum Gasteiger partial charge on any atom is 0.416 e. The molecule has 148 valence electrons. The molecule has 0 aliphatic heterocycles. The molecule has 0 saturated heterocycles. The third kappa shape index (κ3) is 3.67. The average Bonchev–Trinajstić information content (AvgIpc) is 3.12. The third-order valence-electron chi connectivity index (χ3n) is 3.61. The molecular formula is C16H9F6N3O2S. The van der Waals surface area contributed by atoms with E-state index in [1.165, 1.54) is 18.5 Å². The smallest absolute Gasteiger partial charge is 0.277 e. The first-order valence-electron chi connectivity index (χ1n) is 7.38. The summed E-state index contributed by atoms with van der Waals surface area (Å²) in [5, 5.41) is 3.80. The Labute approximate surface area is 154 Å². The Kier molecular flexibility index (Phi) is 4.83. The van der Waals surface area contributed by atoms with Crippen LogP contribution in [0.25, 0.3) is 5.69 Å². The van der Waals surface area contributed by atoms with Crippen molar-refractivity contribution in [3.63, 3.8) is 0 Å². The molecule has 3 aromatic rings. The number of hydrogen-bond acceptors (Lipinski definition) is 3. The van der Waals surface area contributed by atoms with Crippen molar-refractivity contribution in [3.8, 4) is 5.69 Å². The summed E-state index contributed by atoms with van der Waals surface area (Å²) in [4.78, 5) is -1.27. The molecule has 5 nitrogen and oxygen atoms in total. The molecular weight excluding hydrogens is 412 g/mol. The lowest BCUT2D eigenvalue weighted by molar-refractivity contribution is -0.137. The van der Waals surface area contributed by atoms with Crippen LogP contribution in [0.1, 0.15) is 5.56 Å². The molecule has 0 spiro atoms. The van der Waals surface area contributed by atoms with Crippen LogP contribution in [0.3, 0.4) is 0 Å². The van der Waals surface area contributed by atoms with Crippen LogP contribution in [0.2, 0.25) is 0 Å². The number of anilines is 1. The van der Waals surface area contributed by atoms with E-state index in [2.05, 4.69) is 5.10 Å². The molecule has 0 bridgehead atoms. The number of benzene rings is 2. The van der Waals surface area contributed by atoms with E-state index in [4.69, 9.17) is 0 Å². The van der Waals surface area contributed by atoms with Gasteiger partial charge in [0.1, 0.15) is 4.90 Å². The van der Waals surface area contributed by atoms with Crippen LogP contribution < -0.4 is 4.72 Å². The summed E-state index contributed by atoms with van der Waals surface area (Å²) in [5.74, 6) is -5.65. The van der Waals surface area contributed by atoms with Gasteiger partial charge in [-0.3, -0.25) is 4.72 Å². The van der Waals surface area contributed by atoms with Crippen molar-refractivity contribution in [2.24, 2.45) is 0 Å². The van der Waals surface area contributed by atoms with Crippen LogP contribution in [0, 0.1) is 17.5 Å². The molecule has 0 fully saturated rings. The number of hydrogen-bond donors (Lipinski definition) is 1. The Bertz CT molecular complexity index is 1130. The molecule has 0 unspecified atom stereocenters. The minimum absolute atomic E-state index is 0.107. The molecule has 2 aromatic carbocycles. The van der Waals surface area contributed by atoms with Crippen molar-refractivity contribution in [2.75, 3.05) is 4.72 Å². The topological polar surface area (TPSA) is 64.0 Å². The van der Waals surface area contributed by atoms with E-state index in [1.54, 1.807) is 4.72 Å². The van der Waals surface area contributed by atoms with Gasteiger partial charge in [0.05, 0.1) is 16.9 Å². The largest absolute Gasteiger partial charge is 0.416 e. The first kappa shape index (κ1) is 19.7. The van der Waals surface area contributed by atoms with Gasteiger partial charge in [-0.25, -0.2) is 26.3 Å². The molecule has 0 radical (unpaired) electrons. The molecule has 0 aliphatic rings. The van der Waals surface area contributed by atoms with E-state index in [1.807, 2.05) is 0 Å². The van der Waals surface area contributed by atoms with E-state index in [0.29, 0.717) is 24.3 Å². The first-order valence-corrected chi connectivity index (χ1v) is 8.86. The predicted molar refractivity (Wildman–Crippen MR) is 85.7 cm³/mol. The molecule has 3 rings (SSSR count). The van der Waals surface area contributed by atoms with Gasteiger partial charge in [-0.05, 0) is 36.4 Å². The Morgan fingerprint density at radius 1 is 1.00 bits per heavy atom. The van der Waals surface area contributed by atoms with E-state index in [0.717, 1.165) is 10.7 Å². The fourth-order valence-electron chi connectivity index (χ4n) is 2.32. The lowest BCUT2D eigenvalue weighted by Crippen LogP contribution is -2.18. The van der Waals surface area contributed by atoms with Crippen LogP contribution in [0.5, 0.6) is 0 Å². The second-order valence-corrected chi connectivity index (χ2v) is 7.11. The lowest BCUT2D eigenvalue weighted by Gasteiger charge is -2.16. The average molecular weight is 421 g/mol. The molecule has 0 aliphatic carbocycles. The highest BCUT2D eigenvalue weighted by molar-refractivity contribution is 7.92. The summed E-state index contributed by atoms with van der Waals surface area (Å²) in [6, 6.07) is 4.41. The van der Waals surface area contributed by atoms with Crippen LogP contribution in [0.15, 0.2) is 53.7 Å². The van der Waals surface area contributed by atoms with Crippen LogP contribution in [-0.4, -0.2) is 18.2 Å². The fraction of sp³-hybridized carbons (Fsp3) is 0.0625. The number of sulfonamides is 1. The Hall–Kier alpha value is -3.02. The van der Waals surface area contributed by atoms with Gasteiger partial charge in [-0.2, -0.15) is 18.3 Å². The molecule has 0 amide bonds. The van der Waals surface area contributed by atoms with Gasteiger partial charge in [0.25, 0.3) is 10.0 Å². The zero-order valence-corrected chi connectivity index (χ0v) is 14.3. The zero-order valence-electron chi connectivity index (χ0n) is 13.5. The SMILES string of the molecule is O=S(=O)(Nc1cc(C(F)(F)F)ccc1-n1cccn1)c1ccc(F)c(F)c1F. The van der Waals surface area contributed by atoms with Crippen LogP contribution in [-0.2, 0) is 16.2 Å². The number of aromatic nitrogens is 2. The van der Waals surface area contributed by atoms with Gasteiger partial charge < -0.3 is 0 Å². The van der Waals surface area contributed by atoms with Gasteiger partial charge in [-0.1, -0.05) is 0 Å². The number of alkyl halides is 3. The highest BCUT2D eigenvalue weighted by atomic mass is 32.2. The van der Waals surface area contributed by atoms with Crippen LogP contribution in [0.4, 0.5) is 32.0 Å². The van der Waals surface area contributed by atoms with Crippen molar-refractivity contribution in [2.45, 2.75) is 11.1 Å². The normalized spacial score (nSPS) is 12.2. The molecule has 1 N–H and O–H groups in total. The maximum atomic E-state index is 13.9. The van der Waals surface area contributed by atoms with Crippen LogP contribution >= 0.6 is 0 Å². The minimum atomic E-state index is -4.90. The molecule has 1 heterocycles. The summed E-state index contributed by atoms with van der Waals surface area (Å²) in [5.41, 5.74) is -1.89. The van der Waals surface area contributed by atoms with Gasteiger partial charge in [-0.15, -0.1) is 0 Å². The van der Waals surface area contributed by atoms with E-state index >= 15 is 0 Å². The standard InChI is InChI=1S/C16H9F6N3O2S/c17-10-3-5-13(15(19)14(10)18)28(26,27)24-11-8-9(16(20,21)22)2-4-12(11)25-7-1-6-23-25/h1-8,24H. The summed E-state index contributed by atoms with van der Waals surface area (Å²) < 4.78 is 107. The number of rotatable bonds is 4. The summed E-state index contributed by atoms with van der Waals surface area (Å²) in [6.45, 7) is 0. The monoisotopic (exact) mass is 421 g/mol. The van der Waals surface area contributed by atoms with Gasteiger partial charge in [0, 0.05) is 12.4 Å². The summed E-state index contributed by atoms with van der Waals surface area (Å²) in [7, 11) is -4.90. The highest BCUT2D eigenvalue weighted by Gasteiger charge is 2.32. The van der Waals surface area contributed by atoms with Gasteiger partial charge in [0.15, 0.2) is 17.5 Å². The fourth-order valence-corrected chi connectivity index (χ4v) is 3.46. The van der Waals surface area contributed by atoms with Crippen molar-refractivity contribution >= 4 is 15.7 Å². The van der Waals surface area contributed by atoms with Crippen molar-refractivity contribution < 1.29 is 34.8 Å². The number of nitrogens with zero attached hydrogens (tertiary/aromatic N) is 2. The van der Waals surface area contributed by atoms with E-state index in [-0.39, 0.29) is 5.69 Å². The van der Waals surface area contributed by atoms with E-state index in [9.17, 15) is 34.8 Å². The number of halogens is 6. The molecule has 0 atom stereocenters. The Morgan fingerprint density at radius 3 is 2.32 bits per heavy atom. The maximum absolute atomic E-state index is 13.9. The second kappa shape index (κ2) is 6.86. The molecule has 12 heteroatoms. The predicted octanol–water partition coefficient (Wildman–Crippen LogP) is 4.11. The minimum Gasteiger partial charge on any atom is -0.277 e. The number of nitrogens with one attached hydrogen (secondary N) is 1. The second-order valence-electron chi connectivity index (χ2n) is 5.46. The van der Waals surface area contributed by atoms with Crippen molar-refractivity contribution in [1.29, 1.82) is 0 Å².